The van der Waals surface area contributed by atoms with Crippen molar-refractivity contribution in [3.05, 3.63) is 107 Å². The molecule has 4 rings (SSSR count). The molecule has 0 bridgehead atoms. The van der Waals surface area contributed by atoms with E-state index >= 15 is 0 Å². The van der Waals surface area contributed by atoms with Gasteiger partial charge in [-0.1, -0.05) is 90.5 Å². The summed E-state index contributed by atoms with van der Waals surface area (Å²) in [6, 6.07) is 24.9. The third-order valence-electron chi connectivity index (χ3n) is 5.44. The van der Waals surface area contributed by atoms with E-state index in [2.05, 4.69) is 5.32 Å². The molecule has 0 aromatic heterocycles. The van der Waals surface area contributed by atoms with Gasteiger partial charge in [0.25, 0.3) is 5.91 Å². The Kier molecular flexibility index (Phi) is 6.55. The van der Waals surface area contributed by atoms with Crippen molar-refractivity contribution in [1.29, 1.82) is 0 Å². The lowest BCUT2D eigenvalue weighted by Crippen LogP contribution is -2.45. The Morgan fingerprint density at radius 2 is 1.47 bits per heavy atom. The number of halogens is 1. The first-order valence-electron chi connectivity index (χ1n) is 10.3. The molecule has 0 radical (unpaired) electrons. The van der Waals surface area contributed by atoms with Gasteiger partial charge in [-0.3, -0.25) is 9.69 Å². The Balaban J connectivity index is 1.50. The predicted octanol–water partition coefficient (Wildman–Crippen LogP) is 3.71. The lowest BCUT2D eigenvalue weighted by atomic mass is 9.82. The van der Waals surface area contributed by atoms with Gasteiger partial charge in [-0.2, -0.15) is 0 Å². The first kappa shape index (κ1) is 22.0. The van der Waals surface area contributed by atoms with Crippen molar-refractivity contribution >= 4 is 23.5 Å². The lowest BCUT2D eigenvalue weighted by molar-refractivity contribution is -0.131. The largest absolute Gasteiger partial charge is 0.389 e. The molecule has 3 amide bonds. The maximum absolute atomic E-state index is 13.6. The smallest absolute Gasteiger partial charge is 0.325 e. The maximum atomic E-state index is 13.6. The van der Waals surface area contributed by atoms with Gasteiger partial charge in [0.15, 0.2) is 5.54 Å². The fraction of sp³-hybridized carbons (Fsp3) is 0.200. The zero-order chi connectivity index (χ0) is 22.6. The van der Waals surface area contributed by atoms with Crippen LogP contribution in [0.3, 0.4) is 0 Å². The summed E-state index contributed by atoms with van der Waals surface area (Å²) in [4.78, 5) is 27.5. The third kappa shape index (κ3) is 4.25. The molecule has 7 heteroatoms. The summed E-state index contributed by atoms with van der Waals surface area (Å²) < 4.78 is 5.56. The maximum Gasteiger partial charge on any atom is 0.325 e. The summed E-state index contributed by atoms with van der Waals surface area (Å²) in [5.74, 6) is -0.440. The number of urea groups is 1. The summed E-state index contributed by atoms with van der Waals surface area (Å²) in [6.07, 6.45) is -1.05. The van der Waals surface area contributed by atoms with Crippen LogP contribution in [0, 0.1) is 0 Å². The average Bonchev–Trinajstić information content (AvgIpc) is 3.07. The van der Waals surface area contributed by atoms with Crippen LogP contribution in [0.2, 0.25) is 5.02 Å². The number of carbonyl (C=O) groups is 2. The highest BCUT2D eigenvalue weighted by Crippen LogP contribution is 2.36. The van der Waals surface area contributed by atoms with Crippen LogP contribution in [-0.2, 0) is 21.7 Å². The SMILES string of the molecule is O=C1NC(c2ccccc2)(c2ccccc2)C(=O)N1CC(O)COCc1ccccc1Cl. The van der Waals surface area contributed by atoms with Crippen molar-refractivity contribution in [1.82, 2.24) is 10.2 Å². The van der Waals surface area contributed by atoms with E-state index < -0.39 is 23.6 Å². The van der Waals surface area contributed by atoms with E-state index in [1.807, 2.05) is 54.6 Å². The molecule has 0 aliphatic carbocycles. The van der Waals surface area contributed by atoms with Crippen molar-refractivity contribution in [2.45, 2.75) is 18.2 Å². The number of hydrogen-bond acceptors (Lipinski definition) is 4. The van der Waals surface area contributed by atoms with Crippen molar-refractivity contribution in [3.8, 4) is 0 Å². The number of benzene rings is 3. The summed E-state index contributed by atoms with van der Waals surface area (Å²) in [6.45, 7) is -0.0184. The van der Waals surface area contributed by atoms with E-state index in [9.17, 15) is 14.7 Å². The molecule has 1 saturated heterocycles. The second kappa shape index (κ2) is 9.53. The second-order valence-electron chi connectivity index (χ2n) is 7.59. The molecule has 1 atom stereocenters. The van der Waals surface area contributed by atoms with Gasteiger partial charge >= 0.3 is 6.03 Å². The standard InChI is InChI=1S/C25H23ClN2O4/c26-22-14-8-7-9-18(22)16-32-17-21(29)15-28-23(30)25(27-24(28)31,19-10-3-1-4-11-19)20-12-5-2-6-13-20/h1-14,21,29H,15-17H2,(H,27,31). The highest BCUT2D eigenvalue weighted by atomic mass is 35.5. The van der Waals surface area contributed by atoms with Crippen LogP contribution in [0.1, 0.15) is 16.7 Å². The van der Waals surface area contributed by atoms with Crippen LogP contribution >= 0.6 is 11.6 Å². The predicted molar refractivity (Wildman–Crippen MR) is 121 cm³/mol. The number of carbonyl (C=O) groups excluding carboxylic acids is 2. The van der Waals surface area contributed by atoms with E-state index in [1.54, 1.807) is 30.3 Å². The van der Waals surface area contributed by atoms with Crippen LogP contribution < -0.4 is 5.32 Å². The Labute approximate surface area is 191 Å². The van der Waals surface area contributed by atoms with Gasteiger partial charge in [-0.05, 0) is 22.8 Å². The van der Waals surface area contributed by atoms with Gasteiger partial charge in [0.2, 0.25) is 0 Å². The average molecular weight is 451 g/mol. The third-order valence-corrected chi connectivity index (χ3v) is 5.81. The number of ether oxygens (including phenoxy) is 1. The van der Waals surface area contributed by atoms with Crippen LogP contribution in [-0.4, -0.2) is 41.2 Å². The number of β-amino-alcohol motifs (C(OH)–C–C–N with tert-alkyl or cyclic N) is 1. The lowest BCUT2D eigenvalue weighted by Gasteiger charge is -2.28. The molecular weight excluding hydrogens is 428 g/mol. The van der Waals surface area contributed by atoms with Crippen LogP contribution in [0.25, 0.3) is 0 Å². The first-order chi connectivity index (χ1) is 15.5. The summed E-state index contributed by atoms with van der Waals surface area (Å²) in [7, 11) is 0. The number of rotatable bonds is 8. The molecule has 3 aromatic rings. The summed E-state index contributed by atoms with van der Waals surface area (Å²) >= 11 is 6.11. The molecule has 32 heavy (non-hydrogen) atoms. The van der Waals surface area contributed by atoms with Gasteiger partial charge in [-0.25, -0.2) is 4.79 Å². The van der Waals surface area contributed by atoms with Gasteiger partial charge in [0.05, 0.1) is 25.9 Å². The molecule has 1 fully saturated rings. The molecule has 1 heterocycles. The van der Waals surface area contributed by atoms with Gasteiger partial charge in [0, 0.05) is 5.02 Å². The molecule has 0 saturated carbocycles. The topological polar surface area (TPSA) is 78.9 Å². The van der Waals surface area contributed by atoms with Crippen LogP contribution in [0.4, 0.5) is 4.79 Å². The molecule has 1 unspecified atom stereocenters. The molecule has 3 aromatic carbocycles. The monoisotopic (exact) mass is 450 g/mol. The minimum atomic E-state index is -1.35. The number of nitrogens with zero attached hydrogens (tertiary/aromatic N) is 1. The minimum Gasteiger partial charge on any atom is -0.389 e. The quantitative estimate of drug-likeness (QED) is 0.513. The number of hydrogen-bond donors (Lipinski definition) is 2. The van der Waals surface area contributed by atoms with Crippen molar-refractivity contribution in [2.24, 2.45) is 0 Å². The van der Waals surface area contributed by atoms with Crippen molar-refractivity contribution in [2.75, 3.05) is 13.2 Å². The van der Waals surface area contributed by atoms with Gasteiger partial charge in [-0.15, -0.1) is 0 Å². The van der Waals surface area contributed by atoms with Crippen molar-refractivity contribution in [3.63, 3.8) is 0 Å². The van der Waals surface area contributed by atoms with Crippen LogP contribution in [0.5, 0.6) is 0 Å². The number of imide groups is 1. The van der Waals surface area contributed by atoms with E-state index in [0.29, 0.717) is 16.1 Å². The molecular formula is C25H23ClN2O4. The van der Waals surface area contributed by atoms with E-state index in [-0.39, 0.29) is 19.8 Å². The molecule has 164 valence electrons. The summed E-state index contributed by atoms with van der Waals surface area (Å²) in [5.41, 5.74) is 0.745. The molecule has 1 aliphatic rings. The van der Waals surface area contributed by atoms with Crippen LogP contribution in [0.15, 0.2) is 84.9 Å². The van der Waals surface area contributed by atoms with Gasteiger partial charge < -0.3 is 15.2 Å². The van der Waals surface area contributed by atoms with E-state index in [0.717, 1.165) is 10.5 Å². The zero-order valence-electron chi connectivity index (χ0n) is 17.3. The number of amides is 3. The first-order valence-corrected chi connectivity index (χ1v) is 10.6. The Morgan fingerprint density at radius 1 is 0.906 bits per heavy atom. The molecule has 2 N–H and O–H groups in total. The fourth-order valence-corrected chi connectivity index (χ4v) is 4.05. The van der Waals surface area contributed by atoms with Gasteiger partial charge in [0.1, 0.15) is 0 Å². The highest BCUT2D eigenvalue weighted by Gasteiger charge is 2.53. The Morgan fingerprint density at radius 3 is 2.06 bits per heavy atom. The molecule has 0 spiro atoms. The van der Waals surface area contributed by atoms with E-state index in [1.165, 1.54) is 0 Å². The fourth-order valence-electron chi connectivity index (χ4n) is 3.86. The summed E-state index contributed by atoms with van der Waals surface area (Å²) in [5, 5.41) is 13.9. The Bertz CT molecular complexity index is 1050. The molecule has 6 nitrogen and oxygen atoms in total. The normalized spacial score (nSPS) is 16.1. The minimum absolute atomic E-state index is 0.0496. The van der Waals surface area contributed by atoms with Crippen molar-refractivity contribution < 1.29 is 19.4 Å². The molecule has 1 aliphatic heterocycles. The highest BCUT2D eigenvalue weighted by molar-refractivity contribution is 6.31. The Hall–Kier alpha value is -3.19. The number of aliphatic hydroxyl groups is 1. The van der Waals surface area contributed by atoms with E-state index in [4.69, 9.17) is 16.3 Å². The second-order valence-corrected chi connectivity index (χ2v) is 8.00. The number of aliphatic hydroxyl groups excluding tert-OH is 1. The zero-order valence-corrected chi connectivity index (χ0v) is 18.0. The number of nitrogens with one attached hydrogen (secondary N) is 1.